The van der Waals surface area contributed by atoms with Crippen molar-refractivity contribution in [3.63, 3.8) is 0 Å². The van der Waals surface area contributed by atoms with Gasteiger partial charge in [0, 0.05) is 19.2 Å². The summed E-state index contributed by atoms with van der Waals surface area (Å²) in [4.78, 5) is 0. The van der Waals surface area contributed by atoms with E-state index in [2.05, 4.69) is 22.4 Å². The molecule has 1 unspecified atom stereocenters. The van der Waals surface area contributed by atoms with Crippen LogP contribution in [0.3, 0.4) is 0 Å². The van der Waals surface area contributed by atoms with E-state index in [-0.39, 0.29) is 6.10 Å². The minimum atomic E-state index is -0.0108. The quantitative estimate of drug-likeness (QED) is 0.680. The third-order valence-corrected chi connectivity index (χ3v) is 2.31. The standard InChI is InChI=1S/C13H23N3O2/c1-4-8-14-9-12-6-7-13(16-15-12)18-11(3)10-17-5-2/h6-7,11,14H,4-5,8-10H2,1-3H3. The molecule has 0 radical (unpaired) electrons. The van der Waals surface area contributed by atoms with Gasteiger partial charge in [0.05, 0.1) is 12.3 Å². The summed E-state index contributed by atoms with van der Waals surface area (Å²) in [6.45, 7) is 9.05. The molecule has 0 aromatic carbocycles. The van der Waals surface area contributed by atoms with Gasteiger partial charge in [-0.1, -0.05) is 6.92 Å². The van der Waals surface area contributed by atoms with Crippen molar-refractivity contribution >= 4 is 0 Å². The van der Waals surface area contributed by atoms with Crippen LogP contribution in [0.5, 0.6) is 5.88 Å². The normalized spacial score (nSPS) is 12.4. The molecule has 0 fully saturated rings. The zero-order valence-corrected chi connectivity index (χ0v) is 11.5. The SMILES string of the molecule is CCCNCc1ccc(OC(C)COCC)nn1. The summed E-state index contributed by atoms with van der Waals surface area (Å²) in [7, 11) is 0. The van der Waals surface area contributed by atoms with Crippen molar-refractivity contribution < 1.29 is 9.47 Å². The van der Waals surface area contributed by atoms with Crippen molar-refractivity contribution in [1.82, 2.24) is 15.5 Å². The van der Waals surface area contributed by atoms with E-state index in [1.165, 1.54) is 0 Å². The number of rotatable bonds is 9. The van der Waals surface area contributed by atoms with Crippen LogP contribution in [0.1, 0.15) is 32.9 Å². The number of aromatic nitrogens is 2. The Kier molecular flexibility index (Phi) is 7.29. The van der Waals surface area contributed by atoms with Gasteiger partial charge in [-0.05, 0) is 32.9 Å². The predicted octanol–water partition coefficient (Wildman–Crippen LogP) is 1.78. The Balaban J connectivity index is 2.35. The van der Waals surface area contributed by atoms with Gasteiger partial charge < -0.3 is 14.8 Å². The highest BCUT2D eigenvalue weighted by Gasteiger charge is 2.05. The molecule has 0 aliphatic heterocycles. The van der Waals surface area contributed by atoms with E-state index in [0.29, 0.717) is 19.1 Å². The van der Waals surface area contributed by atoms with Crippen molar-refractivity contribution in [3.8, 4) is 5.88 Å². The Bertz CT molecular complexity index is 317. The third kappa shape index (κ3) is 5.93. The van der Waals surface area contributed by atoms with Gasteiger partial charge in [-0.3, -0.25) is 0 Å². The van der Waals surface area contributed by atoms with Crippen molar-refractivity contribution in [1.29, 1.82) is 0 Å². The molecule has 1 aromatic rings. The number of nitrogens with one attached hydrogen (secondary N) is 1. The molecule has 0 saturated heterocycles. The molecule has 5 heteroatoms. The van der Waals surface area contributed by atoms with Gasteiger partial charge in [-0.2, -0.15) is 5.10 Å². The lowest BCUT2D eigenvalue weighted by atomic mass is 10.3. The molecule has 0 bridgehead atoms. The van der Waals surface area contributed by atoms with Crippen LogP contribution in [-0.2, 0) is 11.3 Å². The zero-order chi connectivity index (χ0) is 13.2. The molecule has 0 aliphatic carbocycles. The molecule has 5 nitrogen and oxygen atoms in total. The van der Waals surface area contributed by atoms with E-state index in [4.69, 9.17) is 9.47 Å². The second-order valence-electron chi connectivity index (χ2n) is 4.13. The lowest BCUT2D eigenvalue weighted by Crippen LogP contribution is -2.20. The molecule has 0 spiro atoms. The lowest BCUT2D eigenvalue weighted by molar-refractivity contribution is 0.0628. The van der Waals surface area contributed by atoms with E-state index in [0.717, 1.165) is 25.2 Å². The molecule has 1 aromatic heterocycles. The third-order valence-electron chi connectivity index (χ3n) is 2.31. The molecule has 1 heterocycles. The van der Waals surface area contributed by atoms with Gasteiger partial charge in [0.1, 0.15) is 6.10 Å². The van der Waals surface area contributed by atoms with Gasteiger partial charge >= 0.3 is 0 Å². The Morgan fingerprint density at radius 1 is 1.28 bits per heavy atom. The highest BCUT2D eigenvalue weighted by atomic mass is 16.5. The zero-order valence-electron chi connectivity index (χ0n) is 11.5. The summed E-state index contributed by atoms with van der Waals surface area (Å²) in [6.07, 6.45) is 1.10. The first-order chi connectivity index (χ1) is 8.76. The molecule has 1 N–H and O–H groups in total. The molecule has 1 atom stereocenters. The van der Waals surface area contributed by atoms with Gasteiger partial charge in [-0.25, -0.2) is 0 Å². The lowest BCUT2D eigenvalue weighted by Gasteiger charge is -2.13. The second-order valence-corrected chi connectivity index (χ2v) is 4.13. The Morgan fingerprint density at radius 3 is 2.72 bits per heavy atom. The fourth-order valence-electron chi connectivity index (χ4n) is 1.42. The van der Waals surface area contributed by atoms with Crippen molar-refractivity contribution in [2.75, 3.05) is 19.8 Å². The number of hydrogen-bond donors (Lipinski definition) is 1. The maximum atomic E-state index is 5.58. The summed E-state index contributed by atoms with van der Waals surface area (Å²) in [5, 5.41) is 11.4. The molecule has 0 amide bonds. The predicted molar refractivity (Wildman–Crippen MR) is 70.6 cm³/mol. The van der Waals surface area contributed by atoms with Gasteiger partial charge in [-0.15, -0.1) is 5.10 Å². The minimum Gasteiger partial charge on any atom is -0.471 e. The molecule has 1 rings (SSSR count). The highest BCUT2D eigenvalue weighted by Crippen LogP contribution is 2.07. The molecular formula is C13H23N3O2. The summed E-state index contributed by atoms with van der Waals surface area (Å²) in [5.74, 6) is 0.543. The maximum absolute atomic E-state index is 5.58. The smallest absolute Gasteiger partial charge is 0.233 e. The first-order valence-electron chi connectivity index (χ1n) is 6.54. The summed E-state index contributed by atoms with van der Waals surface area (Å²) < 4.78 is 10.9. The molecule has 18 heavy (non-hydrogen) atoms. The second kappa shape index (κ2) is 8.83. The van der Waals surface area contributed by atoms with Crippen molar-refractivity contribution in [3.05, 3.63) is 17.8 Å². The monoisotopic (exact) mass is 253 g/mol. The van der Waals surface area contributed by atoms with Crippen LogP contribution in [-0.4, -0.2) is 36.1 Å². The van der Waals surface area contributed by atoms with Gasteiger partial charge in [0.15, 0.2) is 0 Å². The van der Waals surface area contributed by atoms with E-state index >= 15 is 0 Å². The maximum Gasteiger partial charge on any atom is 0.233 e. The Labute approximate surface area is 109 Å². The largest absolute Gasteiger partial charge is 0.471 e. The average Bonchev–Trinajstić information content (AvgIpc) is 2.39. The van der Waals surface area contributed by atoms with Crippen LogP contribution in [0, 0.1) is 0 Å². The summed E-state index contributed by atoms with van der Waals surface area (Å²) in [5.41, 5.74) is 0.924. The molecule has 102 valence electrons. The Hall–Kier alpha value is -1.20. The minimum absolute atomic E-state index is 0.0108. The van der Waals surface area contributed by atoms with E-state index in [9.17, 15) is 0 Å². The van der Waals surface area contributed by atoms with Crippen LogP contribution in [0.15, 0.2) is 12.1 Å². The van der Waals surface area contributed by atoms with Gasteiger partial charge in [0.25, 0.3) is 0 Å². The fourth-order valence-corrected chi connectivity index (χ4v) is 1.42. The first-order valence-corrected chi connectivity index (χ1v) is 6.54. The van der Waals surface area contributed by atoms with Crippen molar-refractivity contribution in [2.24, 2.45) is 0 Å². The number of hydrogen-bond acceptors (Lipinski definition) is 5. The van der Waals surface area contributed by atoms with E-state index in [1.807, 2.05) is 26.0 Å². The highest BCUT2D eigenvalue weighted by molar-refractivity contribution is 5.11. The van der Waals surface area contributed by atoms with Crippen molar-refractivity contribution in [2.45, 2.75) is 39.8 Å². The summed E-state index contributed by atoms with van der Waals surface area (Å²) in [6, 6.07) is 3.77. The van der Waals surface area contributed by atoms with E-state index < -0.39 is 0 Å². The van der Waals surface area contributed by atoms with E-state index in [1.54, 1.807) is 0 Å². The van der Waals surface area contributed by atoms with Gasteiger partial charge in [0.2, 0.25) is 5.88 Å². The molecular weight excluding hydrogens is 230 g/mol. The summed E-state index contributed by atoms with van der Waals surface area (Å²) >= 11 is 0. The Morgan fingerprint density at radius 2 is 2.11 bits per heavy atom. The first kappa shape index (κ1) is 14.9. The molecule has 0 saturated carbocycles. The van der Waals surface area contributed by atoms with Crippen LogP contribution in [0.2, 0.25) is 0 Å². The van der Waals surface area contributed by atoms with Crippen LogP contribution in [0.4, 0.5) is 0 Å². The van der Waals surface area contributed by atoms with Crippen LogP contribution >= 0.6 is 0 Å². The van der Waals surface area contributed by atoms with Crippen LogP contribution in [0.25, 0.3) is 0 Å². The number of ether oxygens (including phenoxy) is 2. The van der Waals surface area contributed by atoms with Crippen LogP contribution < -0.4 is 10.1 Å². The number of nitrogens with zero attached hydrogens (tertiary/aromatic N) is 2. The average molecular weight is 253 g/mol. The molecule has 0 aliphatic rings. The fraction of sp³-hybridized carbons (Fsp3) is 0.692. The topological polar surface area (TPSA) is 56.3 Å².